The van der Waals surface area contributed by atoms with E-state index in [9.17, 15) is 14.7 Å². The Bertz CT molecular complexity index is 437. The summed E-state index contributed by atoms with van der Waals surface area (Å²) in [6, 6.07) is 3.10. The fraction of sp³-hybridized carbons (Fsp3) is 0.364. The third-order valence-corrected chi connectivity index (χ3v) is 2.77. The van der Waals surface area contributed by atoms with Crippen molar-refractivity contribution in [3.63, 3.8) is 0 Å². The molecule has 90 valence electrons. The zero-order valence-electron chi connectivity index (χ0n) is 9.29. The fourth-order valence-electron chi connectivity index (χ4n) is 1.78. The van der Waals surface area contributed by atoms with Gasteiger partial charge in [0.15, 0.2) is 0 Å². The third kappa shape index (κ3) is 1.99. The Morgan fingerprint density at radius 3 is 2.76 bits per heavy atom. The molecule has 1 aliphatic rings. The zero-order chi connectivity index (χ0) is 12.5. The number of ether oxygens (including phenoxy) is 1. The molecule has 1 fully saturated rings. The lowest BCUT2D eigenvalue weighted by Crippen LogP contribution is -2.58. The van der Waals surface area contributed by atoms with Crippen molar-refractivity contribution in [3.8, 4) is 0 Å². The van der Waals surface area contributed by atoms with Crippen molar-refractivity contribution < 1.29 is 19.4 Å². The molecule has 2 heterocycles. The molecule has 0 radical (unpaired) electrons. The molecule has 0 aliphatic carbocycles. The van der Waals surface area contributed by atoms with Gasteiger partial charge in [0.2, 0.25) is 6.41 Å². The molecule has 1 saturated heterocycles. The number of β-amino-alcohol motifs (C(OH)–C–C–N with tert-alkyl or cyclic N) is 1. The Morgan fingerprint density at radius 2 is 2.29 bits per heavy atom. The SMILES string of the molecule is COC(=O)c1ccc(C2(O)CN(C=O)C2)cn1. The number of esters is 1. The van der Waals surface area contributed by atoms with Gasteiger partial charge in [0, 0.05) is 11.8 Å². The topological polar surface area (TPSA) is 79.7 Å². The number of carbonyl (C=O) groups is 2. The highest BCUT2D eigenvalue weighted by Crippen LogP contribution is 2.30. The first-order valence-corrected chi connectivity index (χ1v) is 5.05. The highest BCUT2D eigenvalue weighted by atomic mass is 16.5. The van der Waals surface area contributed by atoms with E-state index in [2.05, 4.69) is 9.72 Å². The maximum Gasteiger partial charge on any atom is 0.356 e. The predicted octanol–water partition coefficient (Wildman–Crippen LogP) is -0.472. The highest BCUT2D eigenvalue weighted by molar-refractivity contribution is 5.87. The molecule has 1 aromatic rings. The smallest absolute Gasteiger partial charge is 0.356 e. The monoisotopic (exact) mass is 236 g/mol. The number of aliphatic hydroxyl groups is 1. The van der Waals surface area contributed by atoms with Gasteiger partial charge in [0.1, 0.15) is 11.3 Å². The first-order chi connectivity index (χ1) is 8.09. The maximum atomic E-state index is 11.2. The van der Waals surface area contributed by atoms with Crippen molar-refractivity contribution in [2.45, 2.75) is 5.60 Å². The second kappa shape index (κ2) is 4.14. The minimum atomic E-state index is -1.05. The van der Waals surface area contributed by atoms with Gasteiger partial charge in [-0.2, -0.15) is 0 Å². The van der Waals surface area contributed by atoms with E-state index in [4.69, 9.17) is 0 Å². The second-order valence-corrected chi connectivity index (χ2v) is 3.97. The zero-order valence-corrected chi connectivity index (χ0v) is 9.29. The molecule has 0 saturated carbocycles. The van der Waals surface area contributed by atoms with Gasteiger partial charge < -0.3 is 14.7 Å². The lowest BCUT2D eigenvalue weighted by atomic mass is 9.87. The van der Waals surface area contributed by atoms with E-state index >= 15 is 0 Å². The molecule has 1 aromatic heterocycles. The van der Waals surface area contributed by atoms with Crippen LogP contribution in [0.2, 0.25) is 0 Å². The number of nitrogens with zero attached hydrogens (tertiary/aromatic N) is 2. The average molecular weight is 236 g/mol. The number of hydrogen-bond donors (Lipinski definition) is 1. The third-order valence-electron chi connectivity index (χ3n) is 2.77. The van der Waals surface area contributed by atoms with Gasteiger partial charge in [-0.1, -0.05) is 6.07 Å². The van der Waals surface area contributed by atoms with Crippen LogP contribution in [0.25, 0.3) is 0 Å². The van der Waals surface area contributed by atoms with Crippen molar-refractivity contribution in [2.24, 2.45) is 0 Å². The molecule has 6 nitrogen and oxygen atoms in total. The van der Waals surface area contributed by atoms with E-state index in [1.807, 2.05) is 0 Å². The Balaban J connectivity index is 2.14. The maximum absolute atomic E-state index is 11.2. The van der Waals surface area contributed by atoms with Crippen molar-refractivity contribution in [1.29, 1.82) is 0 Å². The van der Waals surface area contributed by atoms with Crippen molar-refractivity contribution in [1.82, 2.24) is 9.88 Å². The molecular formula is C11H12N2O4. The summed E-state index contributed by atoms with van der Waals surface area (Å²) in [5.74, 6) is -0.522. The van der Waals surface area contributed by atoms with Crippen LogP contribution in [0, 0.1) is 0 Å². The van der Waals surface area contributed by atoms with E-state index in [1.165, 1.54) is 24.3 Å². The number of hydrogen-bond acceptors (Lipinski definition) is 5. The average Bonchev–Trinajstić information content (AvgIpc) is 2.34. The number of carbonyl (C=O) groups excluding carboxylic acids is 2. The van der Waals surface area contributed by atoms with Crippen LogP contribution in [0.3, 0.4) is 0 Å². The summed E-state index contributed by atoms with van der Waals surface area (Å²) >= 11 is 0. The molecule has 1 N–H and O–H groups in total. The van der Waals surface area contributed by atoms with E-state index < -0.39 is 11.6 Å². The lowest BCUT2D eigenvalue weighted by molar-refractivity contribution is -0.143. The summed E-state index contributed by atoms with van der Waals surface area (Å²) in [6.07, 6.45) is 2.11. The highest BCUT2D eigenvalue weighted by Gasteiger charge is 2.42. The van der Waals surface area contributed by atoms with Crippen LogP contribution in [0.4, 0.5) is 0 Å². The Kier molecular flexibility index (Phi) is 2.81. The summed E-state index contributed by atoms with van der Waals surface area (Å²) in [7, 11) is 1.28. The van der Waals surface area contributed by atoms with E-state index in [1.54, 1.807) is 6.07 Å². The largest absolute Gasteiger partial charge is 0.464 e. The Hall–Kier alpha value is -1.95. The fourth-order valence-corrected chi connectivity index (χ4v) is 1.78. The number of pyridine rings is 1. The van der Waals surface area contributed by atoms with Gasteiger partial charge in [-0.15, -0.1) is 0 Å². The minimum Gasteiger partial charge on any atom is -0.464 e. The molecule has 1 amide bonds. The van der Waals surface area contributed by atoms with Crippen LogP contribution in [-0.2, 0) is 15.1 Å². The lowest BCUT2D eigenvalue weighted by Gasteiger charge is -2.44. The first-order valence-electron chi connectivity index (χ1n) is 5.05. The van der Waals surface area contributed by atoms with Crippen LogP contribution < -0.4 is 0 Å². The molecule has 0 atom stereocenters. The van der Waals surface area contributed by atoms with E-state index in [-0.39, 0.29) is 18.8 Å². The molecule has 17 heavy (non-hydrogen) atoms. The van der Waals surface area contributed by atoms with Crippen LogP contribution in [0.15, 0.2) is 18.3 Å². The summed E-state index contributed by atoms with van der Waals surface area (Å²) < 4.78 is 4.52. The standard InChI is InChI=1S/C11H12N2O4/c1-17-10(15)9-3-2-8(4-12-9)11(16)5-13(6-11)7-14/h2-4,7,16H,5-6H2,1H3. The minimum absolute atomic E-state index is 0.186. The summed E-state index contributed by atoms with van der Waals surface area (Å²) in [4.78, 5) is 26.9. The van der Waals surface area contributed by atoms with Gasteiger partial charge in [-0.25, -0.2) is 9.78 Å². The van der Waals surface area contributed by atoms with Gasteiger partial charge in [0.05, 0.1) is 20.2 Å². The molecule has 0 bridgehead atoms. The molecule has 6 heteroatoms. The Labute approximate surface area is 97.8 Å². The number of aromatic nitrogens is 1. The molecule has 2 rings (SSSR count). The summed E-state index contributed by atoms with van der Waals surface area (Å²) in [6.45, 7) is 0.492. The molecule has 1 aliphatic heterocycles. The van der Waals surface area contributed by atoms with Gasteiger partial charge in [-0.05, 0) is 6.07 Å². The van der Waals surface area contributed by atoms with Crippen LogP contribution in [0.1, 0.15) is 16.1 Å². The van der Waals surface area contributed by atoms with Crippen molar-refractivity contribution >= 4 is 12.4 Å². The molecule has 0 spiro atoms. The van der Waals surface area contributed by atoms with E-state index in [0.717, 1.165) is 0 Å². The van der Waals surface area contributed by atoms with Gasteiger partial charge in [-0.3, -0.25) is 4.79 Å². The van der Waals surface area contributed by atoms with Gasteiger partial charge in [0.25, 0.3) is 0 Å². The number of likely N-dealkylation sites (tertiary alicyclic amines) is 1. The van der Waals surface area contributed by atoms with Crippen molar-refractivity contribution in [2.75, 3.05) is 20.2 Å². The first kappa shape index (κ1) is 11.5. The van der Waals surface area contributed by atoms with E-state index in [0.29, 0.717) is 12.0 Å². The number of amides is 1. The summed E-state index contributed by atoms with van der Waals surface area (Å²) in [5.41, 5.74) is -0.280. The Morgan fingerprint density at radius 1 is 1.59 bits per heavy atom. The molecular weight excluding hydrogens is 224 g/mol. The number of rotatable bonds is 3. The molecule has 0 unspecified atom stereocenters. The normalized spacial score (nSPS) is 17.2. The van der Waals surface area contributed by atoms with Crippen LogP contribution >= 0.6 is 0 Å². The summed E-state index contributed by atoms with van der Waals surface area (Å²) in [5, 5.41) is 10.1. The predicted molar refractivity (Wildman–Crippen MR) is 57.1 cm³/mol. The van der Waals surface area contributed by atoms with Crippen molar-refractivity contribution in [3.05, 3.63) is 29.6 Å². The quantitative estimate of drug-likeness (QED) is 0.566. The molecule has 0 aromatic carbocycles. The number of methoxy groups -OCH3 is 1. The van der Waals surface area contributed by atoms with Crippen LogP contribution in [0.5, 0.6) is 0 Å². The second-order valence-electron chi connectivity index (χ2n) is 3.97. The van der Waals surface area contributed by atoms with Crippen LogP contribution in [-0.4, -0.2) is 47.6 Å². The van der Waals surface area contributed by atoms with Gasteiger partial charge >= 0.3 is 5.97 Å².